The van der Waals surface area contributed by atoms with Crippen LogP contribution in [0, 0.1) is 10.1 Å². The highest BCUT2D eigenvalue weighted by molar-refractivity contribution is 8.02. The molecule has 16 heavy (non-hydrogen) atoms. The first-order valence-electron chi connectivity index (χ1n) is 4.49. The zero-order valence-electron chi connectivity index (χ0n) is 8.44. The van der Waals surface area contributed by atoms with Gasteiger partial charge in [0.25, 0.3) is 5.70 Å². The molecule has 0 fully saturated rings. The fraction of sp³-hybridized carbons (Fsp3) is 0.200. The smallest absolute Gasteiger partial charge is 0.252 e. The summed E-state index contributed by atoms with van der Waals surface area (Å²) in [5.41, 5.74) is 0.177. The molecule has 1 aromatic carbocycles. The van der Waals surface area contributed by atoms with Gasteiger partial charge in [-0.2, -0.15) is 0 Å². The van der Waals surface area contributed by atoms with Gasteiger partial charge in [0.05, 0.1) is 15.0 Å². The molecule has 0 saturated heterocycles. The van der Waals surface area contributed by atoms with Crippen molar-refractivity contribution in [2.45, 2.75) is 18.2 Å². The van der Waals surface area contributed by atoms with Gasteiger partial charge in [-0.3, -0.25) is 10.1 Å². The number of nitro groups is 1. The minimum absolute atomic E-state index is 0.177. The van der Waals surface area contributed by atoms with Crippen LogP contribution in [0.2, 0.25) is 10.0 Å². The van der Waals surface area contributed by atoms with Gasteiger partial charge in [0.1, 0.15) is 0 Å². The normalized spacial score (nSPS) is 11.6. The van der Waals surface area contributed by atoms with Crippen LogP contribution in [0.4, 0.5) is 0 Å². The van der Waals surface area contributed by atoms with Crippen molar-refractivity contribution in [1.29, 1.82) is 0 Å². The second kappa shape index (κ2) is 6.13. The molecule has 86 valence electrons. The summed E-state index contributed by atoms with van der Waals surface area (Å²) in [7, 11) is 0. The van der Waals surface area contributed by atoms with Gasteiger partial charge in [0, 0.05) is 16.7 Å². The average molecular weight is 278 g/mol. The Hall–Kier alpha value is -0.710. The summed E-state index contributed by atoms with van der Waals surface area (Å²) >= 11 is 12.8. The van der Waals surface area contributed by atoms with E-state index in [4.69, 9.17) is 23.2 Å². The lowest BCUT2D eigenvalue weighted by Gasteiger charge is -1.99. The Morgan fingerprint density at radius 2 is 2.19 bits per heavy atom. The molecule has 0 aliphatic heterocycles. The summed E-state index contributed by atoms with van der Waals surface area (Å²) in [5, 5.41) is 13.0. The first-order valence-corrected chi connectivity index (χ1v) is 6.13. The molecule has 1 rings (SSSR count). The fourth-order valence-corrected chi connectivity index (χ4v) is 2.16. The zero-order valence-corrected chi connectivity index (χ0v) is 10.8. The number of rotatable bonds is 4. The van der Waals surface area contributed by atoms with E-state index in [0.29, 0.717) is 16.5 Å². The van der Waals surface area contributed by atoms with Gasteiger partial charge in [-0.05, 0) is 18.2 Å². The van der Waals surface area contributed by atoms with Gasteiger partial charge < -0.3 is 0 Å². The Morgan fingerprint density at radius 3 is 2.69 bits per heavy atom. The Kier molecular flexibility index (Phi) is 5.12. The van der Waals surface area contributed by atoms with E-state index in [1.54, 1.807) is 25.1 Å². The number of thioether (sulfide) groups is 1. The molecule has 6 heteroatoms. The molecular weight excluding hydrogens is 269 g/mol. The van der Waals surface area contributed by atoms with Crippen LogP contribution >= 0.6 is 35.0 Å². The molecule has 0 heterocycles. The lowest BCUT2D eigenvalue weighted by Crippen LogP contribution is -1.95. The number of benzene rings is 1. The maximum atomic E-state index is 10.5. The molecular formula is C10H9Cl2NO2S. The van der Waals surface area contributed by atoms with Crippen LogP contribution in [0.15, 0.2) is 34.2 Å². The second-order valence-electron chi connectivity index (χ2n) is 2.91. The number of allylic oxidation sites excluding steroid dienone is 1. The van der Waals surface area contributed by atoms with Crippen LogP contribution in [-0.4, -0.2) is 4.92 Å². The second-order valence-corrected chi connectivity index (χ2v) is 4.67. The van der Waals surface area contributed by atoms with Crippen molar-refractivity contribution in [3.05, 3.63) is 49.5 Å². The van der Waals surface area contributed by atoms with Crippen molar-refractivity contribution in [2.75, 3.05) is 0 Å². The lowest BCUT2D eigenvalue weighted by atomic mass is 10.4. The topological polar surface area (TPSA) is 43.1 Å². The van der Waals surface area contributed by atoms with Crippen LogP contribution in [0.3, 0.4) is 0 Å². The van der Waals surface area contributed by atoms with Gasteiger partial charge in [0.2, 0.25) is 0 Å². The van der Waals surface area contributed by atoms with E-state index in [1.165, 1.54) is 17.2 Å². The Bertz CT molecular complexity index is 435. The molecule has 1 aromatic rings. The predicted octanol–water partition coefficient (Wildman–Crippen LogP) is 4.61. The highest BCUT2D eigenvalue weighted by Gasteiger charge is 2.07. The van der Waals surface area contributed by atoms with E-state index in [2.05, 4.69) is 0 Å². The summed E-state index contributed by atoms with van der Waals surface area (Å²) in [6.07, 6.45) is 0.390. The molecule has 0 spiro atoms. The summed E-state index contributed by atoms with van der Waals surface area (Å²) in [6, 6.07) is 5.11. The minimum atomic E-state index is -0.384. The van der Waals surface area contributed by atoms with E-state index in [1.807, 2.05) is 0 Å². The van der Waals surface area contributed by atoms with E-state index in [-0.39, 0.29) is 10.6 Å². The van der Waals surface area contributed by atoms with Gasteiger partial charge >= 0.3 is 0 Å². The van der Waals surface area contributed by atoms with E-state index in [0.717, 1.165) is 4.90 Å². The highest BCUT2D eigenvalue weighted by atomic mass is 35.5. The summed E-state index contributed by atoms with van der Waals surface area (Å²) in [5.74, 6) is 0. The van der Waals surface area contributed by atoms with Crippen molar-refractivity contribution in [3.63, 3.8) is 0 Å². The Balaban J connectivity index is 2.81. The zero-order chi connectivity index (χ0) is 12.1. The fourth-order valence-electron chi connectivity index (χ4n) is 0.942. The summed E-state index contributed by atoms with van der Waals surface area (Å²) < 4.78 is 0. The maximum absolute atomic E-state index is 10.5. The molecule has 0 amide bonds. The Labute approximate surface area is 108 Å². The van der Waals surface area contributed by atoms with Gasteiger partial charge in [-0.25, -0.2) is 0 Å². The van der Waals surface area contributed by atoms with E-state index >= 15 is 0 Å². The van der Waals surface area contributed by atoms with Gasteiger partial charge in [-0.1, -0.05) is 41.9 Å². The number of halogens is 2. The number of nitrogens with zero attached hydrogens (tertiary/aromatic N) is 1. The number of hydrogen-bond acceptors (Lipinski definition) is 3. The molecule has 0 aliphatic rings. The van der Waals surface area contributed by atoms with Crippen molar-refractivity contribution < 1.29 is 4.92 Å². The van der Waals surface area contributed by atoms with Crippen LogP contribution < -0.4 is 0 Å². The average Bonchev–Trinajstić information content (AvgIpc) is 2.23. The van der Waals surface area contributed by atoms with E-state index < -0.39 is 0 Å². The third kappa shape index (κ3) is 3.70. The monoisotopic (exact) mass is 277 g/mol. The molecule has 0 atom stereocenters. The SMILES string of the molecule is CCC(=CSc1ccc(Cl)c(Cl)c1)[N+](=O)[O-]. The highest BCUT2D eigenvalue weighted by Crippen LogP contribution is 2.29. The molecule has 0 unspecified atom stereocenters. The third-order valence-corrected chi connectivity index (χ3v) is 3.47. The summed E-state index contributed by atoms with van der Waals surface area (Å²) in [6.45, 7) is 1.74. The molecule has 0 N–H and O–H groups in total. The van der Waals surface area contributed by atoms with Gasteiger partial charge in [0.15, 0.2) is 0 Å². The lowest BCUT2D eigenvalue weighted by molar-refractivity contribution is -0.427. The maximum Gasteiger partial charge on any atom is 0.252 e. The molecule has 0 aromatic heterocycles. The van der Waals surface area contributed by atoms with Crippen molar-refractivity contribution in [1.82, 2.24) is 0 Å². The first kappa shape index (κ1) is 13.4. The van der Waals surface area contributed by atoms with Crippen molar-refractivity contribution in [2.24, 2.45) is 0 Å². The largest absolute Gasteiger partial charge is 0.259 e. The standard InChI is InChI=1S/C10H9Cl2NO2S/c1-2-7(13(14)15)6-16-8-3-4-9(11)10(12)5-8/h3-6H,2H2,1H3. The van der Waals surface area contributed by atoms with Gasteiger partial charge in [-0.15, -0.1) is 0 Å². The van der Waals surface area contributed by atoms with Crippen molar-refractivity contribution in [3.8, 4) is 0 Å². The molecule has 3 nitrogen and oxygen atoms in total. The van der Waals surface area contributed by atoms with Crippen molar-refractivity contribution >= 4 is 35.0 Å². The van der Waals surface area contributed by atoms with Crippen LogP contribution in [-0.2, 0) is 0 Å². The molecule has 0 saturated carbocycles. The van der Waals surface area contributed by atoms with E-state index in [9.17, 15) is 10.1 Å². The first-order chi connectivity index (χ1) is 7.54. The third-order valence-electron chi connectivity index (χ3n) is 1.82. The summed E-state index contributed by atoms with van der Waals surface area (Å²) in [4.78, 5) is 11.0. The molecule has 0 bridgehead atoms. The molecule has 0 aliphatic carbocycles. The minimum Gasteiger partial charge on any atom is -0.259 e. The predicted molar refractivity (Wildman–Crippen MR) is 67.7 cm³/mol. The van der Waals surface area contributed by atoms with Crippen LogP contribution in [0.1, 0.15) is 13.3 Å². The quantitative estimate of drug-likeness (QED) is 0.458. The number of hydrogen-bond donors (Lipinski definition) is 0. The molecule has 0 radical (unpaired) electrons. The van der Waals surface area contributed by atoms with Crippen LogP contribution in [0.25, 0.3) is 0 Å². The van der Waals surface area contributed by atoms with Crippen LogP contribution in [0.5, 0.6) is 0 Å². The Morgan fingerprint density at radius 1 is 1.50 bits per heavy atom.